The van der Waals surface area contributed by atoms with Crippen molar-refractivity contribution < 1.29 is 14.3 Å². The van der Waals surface area contributed by atoms with Crippen molar-refractivity contribution in [2.24, 2.45) is 0 Å². The number of nitrogens with zero attached hydrogens (tertiary/aromatic N) is 1. The van der Waals surface area contributed by atoms with E-state index in [0.717, 1.165) is 10.0 Å². The standard InChI is InChI=1S/C27H37BrN2O3/c1-8-22(25(32)29-27(5,6)7)30(17-19-12-10-9-11-13-19)24(31)18-33-23-15-14-20(16-21(23)28)26(2,3)4/h9-16,22H,8,17-18H2,1-7H3,(H,29,32)/t22-/m1/s1. The van der Waals surface area contributed by atoms with Crippen molar-refractivity contribution in [1.82, 2.24) is 10.2 Å². The molecular weight excluding hydrogens is 480 g/mol. The Hall–Kier alpha value is -2.34. The molecule has 0 heterocycles. The van der Waals surface area contributed by atoms with Gasteiger partial charge in [0.05, 0.1) is 4.47 Å². The molecule has 1 atom stereocenters. The van der Waals surface area contributed by atoms with Gasteiger partial charge in [-0.1, -0.05) is 64.1 Å². The quantitative estimate of drug-likeness (QED) is 0.478. The summed E-state index contributed by atoms with van der Waals surface area (Å²) < 4.78 is 6.69. The molecule has 0 spiro atoms. The van der Waals surface area contributed by atoms with Crippen LogP contribution in [0.1, 0.15) is 66.0 Å². The van der Waals surface area contributed by atoms with Gasteiger partial charge in [0.2, 0.25) is 5.91 Å². The van der Waals surface area contributed by atoms with E-state index in [9.17, 15) is 9.59 Å². The van der Waals surface area contributed by atoms with Crippen LogP contribution in [0, 0.1) is 0 Å². The largest absolute Gasteiger partial charge is 0.483 e. The summed E-state index contributed by atoms with van der Waals surface area (Å²) >= 11 is 3.57. The van der Waals surface area contributed by atoms with Gasteiger partial charge >= 0.3 is 0 Å². The maximum absolute atomic E-state index is 13.3. The Balaban J connectivity index is 2.23. The third kappa shape index (κ3) is 8.18. The van der Waals surface area contributed by atoms with Gasteiger partial charge in [-0.25, -0.2) is 0 Å². The monoisotopic (exact) mass is 516 g/mol. The molecule has 2 rings (SSSR count). The molecule has 0 fully saturated rings. The van der Waals surface area contributed by atoms with Crippen molar-refractivity contribution in [2.75, 3.05) is 6.61 Å². The smallest absolute Gasteiger partial charge is 0.261 e. The highest BCUT2D eigenvalue weighted by molar-refractivity contribution is 9.10. The van der Waals surface area contributed by atoms with E-state index in [0.29, 0.717) is 18.7 Å². The van der Waals surface area contributed by atoms with Gasteiger partial charge in [0.15, 0.2) is 6.61 Å². The second kappa shape index (κ2) is 11.2. The Kier molecular flexibility index (Phi) is 9.12. The van der Waals surface area contributed by atoms with Gasteiger partial charge in [-0.05, 0) is 71.8 Å². The molecule has 0 radical (unpaired) electrons. The minimum Gasteiger partial charge on any atom is -0.483 e. The number of amides is 2. The van der Waals surface area contributed by atoms with Crippen molar-refractivity contribution in [1.29, 1.82) is 0 Å². The Morgan fingerprint density at radius 2 is 1.67 bits per heavy atom. The van der Waals surface area contributed by atoms with Gasteiger partial charge in [-0.3, -0.25) is 9.59 Å². The highest BCUT2D eigenvalue weighted by Crippen LogP contribution is 2.31. The first kappa shape index (κ1) is 26.9. The van der Waals surface area contributed by atoms with Crippen molar-refractivity contribution in [2.45, 2.75) is 78.4 Å². The van der Waals surface area contributed by atoms with E-state index in [2.05, 4.69) is 42.0 Å². The summed E-state index contributed by atoms with van der Waals surface area (Å²) in [4.78, 5) is 28.0. The Morgan fingerprint density at radius 3 is 2.18 bits per heavy atom. The van der Waals surface area contributed by atoms with Crippen LogP contribution in [0.15, 0.2) is 53.0 Å². The summed E-state index contributed by atoms with van der Waals surface area (Å²) in [6, 6.07) is 15.0. The number of hydrogen-bond acceptors (Lipinski definition) is 3. The molecule has 5 nitrogen and oxygen atoms in total. The molecule has 1 N–H and O–H groups in total. The fourth-order valence-corrected chi connectivity index (χ4v) is 3.95. The molecule has 0 bridgehead atoms. The second-order valence-electron chi connectivity index (χ2n) is 10.4. The van der Waals surface area contributed by atoms with E-state index in [4.69, 9.17) is 4.74 Å². The number of nitrogens with one attached hydrogen (secondary N) is 1. The van der Waals surface area contributed by atoms with Crippen LogP contribution < -0.4 is 10.1 Å². The zero-order valence-corrected chi connectivity index (χ0v) is 22.5. The molecule has 2 aromatic rings. The van der Waals surface area contributed by atoms with E-state index in [1.165, 1.54) is 5.56 Å². The van der Waals surface area contributed by atoms with Crippen LogP contribution in [-0.2, 0) is 21.5 Å². The zero-order chi connectivity index (χ0) is 24.8. The van der Waals surface area contributed by atoms with Crippen LogP contribution in [0.3, 0.4) is 0 Å². The van der Waals surface area contributed by atoms with Crippen LogP contribution >= 0.6 is 15.9 Å². The Morgan fingerprint density at radius 1 is 1.03 bits per heavy atom. The molecule has 2 aromatic carbocycles. The Labute approximate surface area is 207 Å². The van der Waals surface area contributed by atoms with Crippen molar-refractivity contribution in [3.8, 4) is 5.75 Å². The number of ether oxygens (including phenoxy) is 1. The van der Waals surface area contributed by atoms with Crippen LogP contribution in [0.5, 0.6) is 5.75 Å². The number of benzene rings is 2. The summed E-state index contributed by atoms with van der Waals surface area (Å²) in [6.45, 7) is 14.3. The first-order valence-electron chi connectivity index (χ1n) is 11.4. The van der Waals surface area contributed by atoms with Gasteiger partial charge in [-0.15, -0.1) is 0 Å². The van der Waals surface area contributed by atoms with Crippen LogP contribution in [-0.4, -0.2) is 34.9 Å². The van der Waals surface area contributed by atoms with Crippen molar-refractivity contribution in [3.05, 3.63) is 64.1 Å². The summed E-state index contributed by atoms with van der Waals surface area (Å²) in [7, 11) is 0. The van der Waals surface area contributed by atoms with E-state index in [-0.39, 0.29) is 29.4 Å². The molecule has 0 aliphatic carbocycles. The van der Waals surface area contributed by atoms with Crippen molar-refractivity contribution in [3.63, 3.8) is 0 Å². The first-order chi connectivity index (χ1) is 15.3. The third-order valence-electron chi connectivity index (χ3n) is 5.23. The third-order valence-corrected chi connectivity index (χ3v) is 5.85. The molecule has 0 saturated heterocycles. The molecule has 0 aromatic heterocycles. The molecule has 180 valence electrons. The predicted molar refractivity (Wildman–Crippen MR) is 137 cm³/mol. The second-order valence-corrected chi connectivity index (χ2v) is 11.2. The average Bonchev–Trinajstić information content (AvgIpc) is 2.71. The molecular formula is C27H37BrN2O3. The Bertz CT molecular complexity index is 946. The zero-order valence-electron chi connectivity index (χ0n) is 20.9. The van der Waals surface area contributed by atoms with E-state index in [1.54, 1.807) is 4.90 Å². The molecule has 0 aliphatic heterocycles. The molecule has 2 amide bonds. The maximum atomic E-state index is 13.3. The number of rotatable bonds is 8. The van der Waals surface area contributed by atoms with E-state index >= 15 is 0 Å². The predicted octanol–water partition coefficient (Wildman–Crippen LogP) is 5.85. The topological polar surface area (TPSA) is 58.6 Å². The normalized spacial score (nSPS) is 12.7. The number of hydrogen-bond donors (Lipinski definition) is 1. The van der Waals surface area contributed by atoms with Crippen LogP contribution in [0.2, 0.25) is 0 Å². The molecule has 33 heavy (non-hydrogen) atoms. The first-order valence-corrected chi connectivity index (χ1v) is 12.2. The lowest BCUT2D eigenvalue weighted by molar-refractivity contribution is -0.143. The van der Waals surface area contributed by atoms with Crippen LogP contribution in [0.4, 0.5) is 0 Å². The lowest BCUT2D eigenvalue weighted by Gasteiger charge is -2.33. The summed E-state index contributed by atoms with van der Waals surface area (Å²) in [5.41, 5.74) is 1.76. The minimum absolute atomic E-state index is 0.0120. The van der Waals surface area contributed by atoms with Gasteiger partial charge in [0, 0.05) is 12.1 Å². The molecule has 0 saturated carbocycles. The highest BCUT2D eigenvalue weighted by Gasteiger charge is 2.31. The molecule has 0 unspecified atom stereocenters. The average molecular weight is 518 g/mol. The SMILES string of the molecule is CC[C@H](C(=O)NC(C)(C)C)N(Cc1ccccc1)C(=O)COc1ccc(C(C)(C)C)cc1Br. The summed E-state index contributed by atoms with van der Waals surface area (Å²) in [6.07, 6.45) is 0.504. The lowest BCUT2D eigenvalue weighted by Crippen LogP contribution is -2.54. The minimum atomic E-state index is -0.591. The lowest BCUT2D eigenvalue weighted by atomic mass is 9.87. The molecule has 0 aliphatic rings. The fraction of sp³-hybridized carbons (Fsp3) is 0.481. The summed E-state index contributed by atoms with van der Waals surface area (Å²) in [5.74, 6) is 0.203. The maximum Gasteiger partial charge on any atom is 0.261 e. The highest BCUT2D eigenvalue weighted by atomic mass is 79.9. The number of carbonyl (C=O) groups excluding carboxylic acids is 2. The van der Waals surface area contributed by atoms with E-state index < -0.39 is 6.04 Å². The van der Waals surface area contributed by atoms with Crippen molar-refractivity contribution >= 4 is 27.7 Å². The van der Waals surface area contributed by atoms with Gasteiger partial charge in [-0.2, -0.15) is 0 Å². The van der Waals surface area contributed by atoms with Gasteiger partial charge in [0.25, 0.3) is 5.91 Å². The van der Waals surface area contributed by atoms with Gasteiger partial charge < -0.3 is 15.0 Å². The van der Waals surface area contributed by atoms with E-state index in [1.807, 2.05) is 76.2 Å². The number of halogens is 1. The van der Waals surface area contributed by atoms with Crippen LogP contribution in [0.25, 0.3) is 0 Å². The summed E-state index contributed by atoms with van der Waals surface area (Å²) in [5, 5.41) is 3.01. The fourth-order valence-electron chi connectivity index (χ4n) is 3.46. The molecule has 6 heteroatoms. The number of carbonyl (C=O) groups is 2. The van der Waals surface area contributed by atoms with Gasteiger partial charge in [0.1, 0.15) is 11.8 Å².